The molecule has 0 saturated heterocycles. The van der Waals surface area contributed by atoms with Crippen LogP contribution in [-0.4, -0.2) is 43.5 Å². The first-order chi connectivity index (χ1) is 9.19. The van der Waals surface area contributed by atoms with Crippen LogP contribution in [-0.2, 0) is 11.3 Å². The van der Waals surface area contributed by atoms with Crippen molar-refractivity contribution in [3.63, 3.8) is 0 Å². The summed E-state index contributed by atoms with van der Waals surface area (Å²) in [7, 11) is 1.52. The molecule has 0 atom stereocenters. The monoisotopic (exact) mass is 270 g/mol. The molecule has 0 spiro atoms. The van der Waals surface area contributed by atoms with E-state index in [2.05, 4.69) is 5.32 Å². The van der Waals surface area contributed by atoms with Crippen LogP contribution in [0.15, 0.2) is 18.2 Å². The first-order valence-electron chi connectivity index (χ1n) is 5.89. The predicted octanol–water partition coefficient (Wildman–Crippen LogP) is 0.702. The van der Waals surface area contributed by atoms with Gasteiger partial charge in [-0.3, -0.25) is 10.1 Å². The molecule has 0 saturated carbocycles. The number of ether oxygens (including phenoxy) is 2. The summed E-state index contributed by atoms with van der Waals surface area (Å²) in [6.07, 6.45) is 0. The lowest BCUT2D eigenvalue weighted by molar-refractivity contribution is -0.384. The number of nitro benzene ring substituents is 1. The second-order valence-electron chi connectivity index (χ2n) is 3.77. The largest absolute Gasteiger partial charge is 0.496 e. The van der Waals surface area contributed by atoms with E-state index in [1.165, 1.54) is 19.2 Å². The summed E-state index contributed by atoms with van der Waals surface area (Å²) in [4.78, 5) is 10.3. The van der Waals surface area contributed by atoms with Gasteiger partial charge in [-0.1, -0.05) is 0 Å². The summed E-state index contributed by atoms with van der Waals surface area (Å²) < 4.78 is 10.2. The molecule has 1 aromatic rings. The van der Waals surface area contributed by atoms with Crippen molar-refractivity contribution in [2.45, 2.75) is 6.54 Å². The molecule has 0 aliphatic carbocycles. The third kappa shape index (κ3) is 5.21. The molecule has 0 heterocycles. The fourth-order valence-corrected chi connectivity index (χ4v) is 1.55. The second-order valence-corrected chi connectivity index (χ2v) is 3.77. The molecule has 0 amide bonds. The smallest absolute Gasteiger partial charge is 0.270 e. The number of aliphatic hydroxyl groups is 1. The Morgan fingerprint density at radius 3 is 2.84 bits per heavy atom. The van der Waals surface area contributed by atoms with Gasteiger partial charge in [0.2, 0.25) is 0 Å². The number of nitrogens with zero attached hydrogens (tertiary/aromatic N) is 1. The van der Waals surface area contributed by atoms with Crippen molar-refractivity contribution in [2.24, 2.45) is 0 Å². The Kier molecular flexibility index (Phi) is 6.80. The van der Waals surface area contributed by atoms with Crippen molar-refractivity contribution >= 4 is 5.69 Å². The third-order valence-corrected chi connectivity index (χ3v) is 2.45. The maximum atomic E-state index is 10.7. The second kappa shape index (κ2) is 8.41. The Morgan fingerprint density at radius 1 is 1.42 bits per heavy atom. The fourth-order valence-electron chi connectivity index (χ4n) is 1.55. The topological polar surface area (TPSA) is 93.9 Å². The van der Waals surface area contributed by atoms with E-state index in [-0.39, 0.29) is 12.3 Å². The Bertz CT molecular complexity index is 411. The molecular formula is C12H18N2O5. The average Bonchev–Trinajstić information content (AvgIpc) is 2.42. The number of non-ortho nitro benzene ring substituents is 1. The Hall–Kier alpha value is -1.70. The van der Waals surface area contributed by atoms with E-state index >= 15 is 0 Å². The van der Waals surface area contributed by atoms with E-state index in [1.807, 2.05) is 0 Å². The summed E-state index contributed by atoms with van der Waals surface area (Å²) >= 11 is 0. The van der Waals surface area contributed by atoms with Crippen LogP contribution in [0, 0.1) is 10.1 Å². The first-order valence-corrected chi connectivity index (χ1v) is 5.89. The van der Waals surface area contributed by atoms with Crippen molar-refractivity contribution < 1.29 is 19.5 Å². The number of nitrogens with one attached hydrogen (secondary N) is 1. The molecule has 0 fully saturated rings. The zero-order chi connectivity index (χ0) is 14.1. The maximum absolute atomic E-state index is 10.7. The Labute approximate surface area is 111 Å². The van der Waals surface area contributed by atoms with Gasteiger partial charge in [0.05, 0.1) is 31.9 Å². The number of hydrogen-bond donors (Lipinski definition) is 2. The minimum atomic E-state index is -0.437. The highest BCUT2D eigenvalue weighted by molar-refractivity contribution is 5.43. The number of nitro groups is 1. The van der Waals surface area contributed by atoms with Gasteiger partial charge in [0.1, 0.15) is 5.75 Å². The molecule has 106 valence electrons. The van der Waals surface area contributed by atoms with Crippen molar-refractivity contribution in [3.8, 4) is 5.75 Å². The zero-order valence-corrected chi connectivity index (χ0v) is 10.8. The first kappa shape index (κ1) is 15.4. The highest BCUT2D eigenvalue weighted by atomic mass is 16.6. The number of aliphatic hydroxyl groups excluding tert-OH is 1. The van der Waals surface area contributed by atoms with E-state index in [1.54, 1.807) is 6.07 Å². The minimum Gasteiger partial charge on any atom is -0.496 e. The summed E-state index contributed by atoms with van der Waals surface area (Å²) in [5.74, 6) is 0.606. The van der Waals surface area contributed by atoms with Gasteiger partial charge in [0.25, 0.3) is 5.69 Å². The molecule has 7 heteroatoms. The summed E-state index contributed by atoms with van der Waals surface area (Å²) in [6.45, 7) is 1.82. The highest BCUT2D eigenvalue weighted by Gasteiger charge is 2.10. The normalized spacial score (nSPS) is 10.4. The van der Waals surface area contributed by atoms with Crippen LogP contribution in [0.25, 0.3) is 0 Å². The molecule has 0 aliphatic heterocycles. The summed E-state index contributed by atoms with van der Waals surface area (Å²) in [5.41, 5.74) is 0.757. The van der Waals surface area contributed by atoms with Gasteiger partial charge in [-0.2, -0.15) is 0 Å². The van der Waals surface area contributed by atoms with E-state index in [0.717, 1.165) is 5.56 Å². The number of benzene rings is 1. The Morgan fingerprint density at radius 2 is 2.21 bits per heavy atom. The van der Waals surface area contributed by atoms with Crippen LogP contribution in [0.1, 0.15) is 5.56 Å². The highest BCUT2D eigenvalue weighted by Crippen LogP contribution is 2.23. The van der Waals surface area contributed by atoms with Crippen molar-refractivity contribution in [1.29, 1.82) is 0 Å². The average molecular weight is 270 g/mol. The molecule has 0 unspecified atom stereocenters. The standard InChI is InChI=1S/C12H18N2O5/c1-18-12-3-2-11(14(16)17)8-10(12)9-13-4-6-19-7-5-15/h2-3,8,13,15H,4-7,9H2,1H3. The van der Waals surface area contributed by atoms with Crippen LogP contribution in [0.5, 0.6) is 5.75 Å². The lowest BCUT2D eigenvalue weighted by Crippen LogP contribution is -2.20. The molecule has 7 nitrogen and oxygen atoms in total. The van der Waals surface area contributed by atoms with Crippen LogP contribution in [0.2, 0.25) is 0 Å². The fraction of sp³-hybridized carbons (Fsp3) is 0.500. The van der Waals surface area contributed by atoms with Crippen molar-refractivity contribution in [1.82, 2.24) is 5.32 Å². The van der Waals surface area contributed by atoms with Gasteiger partial charge >= 0.3 is 0 Å². The molecule has 0 aliphatic rings. The van der Waals surface area contributed by atoms with Crippen LogP contribution in [0.3, 0.4) is 0 Å². The van der Waals surface area contributed by atoms with E-state index < -0.39 is 4.92 Å². The lowest BCUT2D eigenvalue weighted by Gasteiger charge is -2.09. The van der Waals surface area contributed by atoms with E-state index in [9.17, 15) is 10.1 Å². The van der Waals surface area contributed by atoms with Gasteiger partial charge in [-0.05, 0) is 6.07 Å². The van der Waals surface area contributed by atoms with Crippen LogP contribution in [0.4, 0.5) is 5.69 Å². The van der Waals surface area contributed by atoms with Crippen LogP contribution < -0.4 is 10.1 Å². The van der Waals surface area contributed by atoms with E-state index in [4.69, 9.17) is 14.6 Å². The molecule has 2 N–H and O–H groups in total. The molecule has 1 aromatic carbocycles. The quantitative estimate of drug-likeness (QED) is 0.390. The lowest BCUT2D eigenvalue weighted by atomic mass is 10.1. The zero-order valence-electron chi connectivity index (χ0n) is 10.8. The molecule has 0 aromatic heterocycles. The summed E-state index contributed by atoms with van der Waals surface area (Å²) in [6, 6.07) is 4.48. The predicted molar refractivity (Wildman–Crippen MR) is 69.3 cm³/mol. The summed E-state index contributed by atoms with van der Waals surface area (Å²) in [5, 5.41) is 22.3. The number of hydrogen-bond acceptors (Lipinski definition) is 6. The van der Waals surface area contributed by atoms with Crippen LogP contribution >= 0.6 is 0 Å². The number of rotatable bonds is 9. The minimum absolute atomic E-state index is 0.00129. The maximum Gasteiger partial charge on any atom is 0.270 e. The van der Waals surface area contributed by atoms with Crippen molar-refractivity contribution in [3.05, 3.63) is 33.9 Å². The third-order valence-electron chi connectivity index (χ3n) is 2.45. The molecule has 19 heavy (non-hydrogen) atoms. The molecule has 0 bridgehead atoms. The molecular weight excluding hydrogens is 252 g/mol. The van der Waals surface area contributed by atoms with E-state index in [0.29, 0.717) is 32.1 Å². The van der Waals surface area contributed by atoms with Gasteiger partial charge in [0.15, 0.2) is 0 Å². The van der Waals surface area contributed by atoms with Crippen molar-refractivity contribution in [2.75, 3.05) is 33.5 Å². The van der Waals surface area contributed by atoms with Gasteiger partial charge in [-0.15, -0.1) is 0 Å². The number of methoxy groups -OCH3 is 1. The van der Waals surface area contributed by atoms with Gasteiger partial charge in [-0.25, -0.2) is 0 Å². The molecule has 0 radical (unpaired) electrons. The SMILES string of the molecule is COc1ccc([N+](=O)[O-])cc1CNCCOCCO. The van der Waals surface area contributed by atoms with Gasteiger partial charge in [0, 0.05) is 30.8 Å². The molecule has 1 rings (SSSR count). The Balaban J connectivity index is 2.50. The van der Waals surface area contributed by atoms with Gasteiger partial charge < -0.3 is 19.9 Å².